The van der Waals surface area contributed by atoms with E-state index in [1.165, 1.54) is 4.31 Å². The van der Waals surface area contributed by atoms with Crippen LogP contribution in [0.15, 0.2) is 29.2 Å². The van der Waals surface area contributed by atoms with E-state index < -0.39 is 10.0 Å². The Kier molecular flexibility index (Phi) is 7.79. The molecule has 0 radical (unpaired) electrons. The Morgan fingerprint density at radius 1 is 0.966 bits per heavy atom. The number of carbonyl (C=O) groups is 2. The van der Waals surface area contributed by atoms with Crippen LogP contribution < -0.4 is 10.6 Å². The zero-order valence-electron chi connectivity index (χ0n) is 17.7. The van der Waals surface area contributed by atoms with Crippen LogP contribution in [0.1, 0.15) is 33.3 Å². The maximum absolute atomic E-state index is 12.9. The molecule has 0 aliphatic carbocycles. The molecule has 2 amide bonds. The summed E-state index contributed by atoms with van der Waals surface area (Å²) in [5.41, 5.74) is 1.05. The normalized spacial score (nSPS) is 16.4. The highest BCUT2D eigenvalue weighted by atomic mass is 32.2. The van der Waals surface area contributed by atoms with Gasteiger partial charge in [0.15, 0.2) is 0 Å². The summed E-state index contributed by atoms with van der Waals surface area (Å²) in [6.07, 6.45) is 0. The lowest BCUT2D eigenvalue weighted by Gasteiger charge is -2.33. The van der Waals surface area contributed by atoms with Crippen LogP contribution in [-0.4, -0.2) is 75.3 Å². The lowest BCUT2D eigenvalue weighted by atomic mass is 9.87. The third-order valence-electron chi connectivity index (χ3n) is 4.88. The molecular formula is C20H32N4O4S. The molecule has 2 N–H and O–H groups in total. The molecule has 2 rings (SSSR count). The smallest absolute Gasteiger partial charge is 0.243 e. The first-order valence-electron chi connectivity index (χ1n) is 9.90. The van der Waals surface area contributed by atoms with Gasteiger partial charge < -0.3 is 10.6 Å². The van der Waals surface area contributed by atoms with E-state index in [2.05, 4.69) is 31.4 Å². The van der Waals surface area contributed by atoms with Crippen molar-refractivity contribution in [2.24, 2.45) is 0 Å². The highest BCUT2D eigenvalue weighted by molar-refractivity contribution is 7.89. The number of likely N-dealkylation sites (N-methyl/N-ethyl adjacent to an activating group) is 1. The summed E-state index contributed by atoms with van der Waals surface area (Å²) in [6.45, 7) is 10.3. The Balaban J connectivity index is 1.88. The van der Waals surface area contributed by atoms with E-state index >= 15 is 0 Å². The molecule has 0 spiro atoms. The van der Waals surface area contributed by atoms with Crippen molar-refractivity contribution in [3.05, 3.63) is 29.8 Å². The second-order valence-corrected chi connectivity index (χ2v) is 10.1. The lowest BCUT2D eigenvalue weighted by Crippen LogP contribution is -2.51. The molecule has 9 heteroatoms. The van der Waals surface area contributed by atoms with Crippen molar-refractivity contribution in [3.63, 3.8) is 0 Å². The maximum Gasteiger partial charge on any atom is 0.243 e. The van der Waals surface area contributed by atoms with E-state index in [9.17, 15) is 18.0 Å². The Morgan fingerprint density at radius 3 is 2.07 bits per heavy atom. The first-order chi connectivity index (χ1) is 13.5. The molecule has 0 saturated carbocycles. The lowest BCUT2D eigenvalue weighted by molar-refractivity contribution is -0.126. The average molecular weight is 425 g/mol. The van der Waals surface area contributed by atoms with Gasteiger partial charge in [0.2, 0.25) is 21.8 Å². The largest absolute Gasteiger partial charge is 0.355 e. The summed E-state index contributed by atoms with van der Waals surface area (Å²) < 4.78 is 27.3. The van der Waals surface area contributed by atoms with Gasteiger partial charge in [0.05, 0.1) is 18.0 Å². The van der Waals surface area contributed by atoms with E-state index in [0.717, 1.165) is 5.56 Å². The van der Waals surface area contributed by atoms with Crippen molar-refractivity contribution in [2.75, 3.05) is 45.8 Å². The van der Waals surface area contributed by atoms with Gasteiger partial charge in [0.25, 0.3) is 0 Å². The van der Waals surface area contributed by atoms with Crippen molar-refractivity contribution in [1.29, 1.82) is 0 Å². The summed E-state index contributed by atoms with van der Waals surface area (Å²) in [4.78, 5) is 25.5. The fourth-order valence-electron chi connectivity index (χ4n) is 3.10. The number of nitrogens with zero attached hydrogens (tertiary/aromatic N) is 2. The van der Waals surface area contributed by atoms with Gasteiger partial charge in [-0.05, 0) is 30.0 Å². The quantitative estimate of drug-likeness (QED) is 0.666. The van der Waals surface area contributed by atoms with Crippen LogP contribution in [0.3, 0.4) is 0 Å². The highest BCUT2D eigenvalue weighted by Crippen LogP contribution is 2.25. The minimum Gasteiger partial charge on any atom is -0.355 e. The van der Waals surface area contributed by atoms with Crippen LogP contribution in [-0.2, 0) is 25.0 Å². The van der Waals surface area contributed by atoms with E-state index in [4.69, 9.17) is 0 Å². The summed E-state index contributed by atoms with van der Waals surface area (Å²) in [6, 6.07) is 7.05. The zero-order chi connectivity index (χ0) is 21.7. The summed E-state index contributed by atoms with van der Waals surface area (Å²) in [5, 5.41) is 5.19. The van der Waals surface area contributed by atoms with Gasteiger partial charge in [-0.1, -0.05) is 32.9 Å². The number of sulfonamides is 1. The predicted molar refractivity (Wildman–Crippen MR) is 112 cm³/mol. The van der Waals surface area contributed by atoms with E-state index in [0.29, 0.717) is 37.6 Å². The van der Waals surface area contributed by atoms with Crippen LogP contribution >= 0.6 is 0 Å². The molecule has 1 aromatic carbocycles. The molecule has 1 heterocycles. The maximum atomic E-state index is 12.9. The average Bonchev–Trinajstić information content (AvgIpc) is 2.66. The van der Waals surface area contributed by atoms with Crippen LogP contribution in [0.2, 0.25) is 0 Å². The van der Waals surface area contributed by atoms with Gasteiger partial charge in [-0.15, -0.1) is 0 Å². The molecule has 1 aliphatic rings. The molecular weight excluding hydrogens is 392 g/mol. The number of rotatable bonds is 7. The van der Waals surface area contributed by atoms with Gasteiger partial charge in [-0.25, -0.2) is 8.42 Å². The molecule has 1 aromatic rings. The molecule has 8 nitrogen and oxygen atoms in total. The second-order valence-electron chi connectivity index (χ2n) is 8.18. The third-order valence-corrected chi connectivity index (χ3v) is 6.79. The Bertz CT molecular complexity index is 808. The van der Waals surface area contributed by atoms with Gasteiger partial charge in [0, 0.05) is 32.7 Å². The number of piperazine rings is 1. The topological polar surface area (TPSA) is 98.8 Å². The zero-order valence-corrected chi connectivity index (χ0v) is 18.5. The van der Waals surface area contributed by atoms with Crippen molar-refractivity contribution < 1.29 is 18.0 Å². The van der Waals surface area contributed by atoms with Gasteiger partial charge in [0.1, 0.15) is 0 Å². The summed E-state index contributed by atoms with van der Waals surface area (Å²) >= 11 is 0. The van der Waals surface area contributed by atoms with Crippen LogP contribution in [0.5, 0.6) is 0 Å². The summed E-state index contributed by atoms with van der Waals surface area (Å²) in [7, 11) is -3.55. The van der Waals surface area contributed by atoms with E-state index in [1.807, 2.05) is 24.0 Å². The Hall–Kier alpha value is -1.97. The molecule has 1 saturated heterocycles. The standard InChI is InChI=1S/C20H32N4O4S/c1-5-21-18(25)14-22-19(26)15-23-10-12-24(13-11-23)29(27,28)17-8-6-16(7-9-17)20(2,3)4/h6-9H,5,10-15H2,1-4H3,(H,21,25)(H,22,26). The number of carbonyl (C=O) groups excluding carboxylic acids is 2. The third kappa shape index (κ3) is 6.52. The molecule has 1 fully saturated rings. The number of hydrogen-bond acceptors (Lipinski definition) is 5. The fraction of sp³-hybridized carbons (Fsp3) is 0.600. The fourth-order valence-corrected chi connectivity index (χ4v) is 4.52. The minimum absolute atomic E-state index is 0.0360. The predicted octanol–water partition coefficient (Wildman–Crippen LogP) is 0.543. The minimum atomic E-state index is -3.55. The van der Waals surface area contributed by atoms with Crippen molar-refractivity contribution in [2.45, 2.75) is 38.0 Å². The van der Waals surface area contributed by atoms with Gasteiger partial charge in [-0.2, -0.15) is 4.31 Å². The molecule has 0 atom stereocenters. The Morgan fingerprint density at radius 2 is 1.55 bits per heavy atom. The number of amides is 2. The molecule has 1 aliphatic heterocycles. The van der Waals surface area contributed by atoms with E-state index in [1.54, 1.807) is 12.1 Å². The second kappa shape index (κ2) is 9.69. The monoisotopic (exact) mass is 424 g/mol. The van der Waals surface area contributed by atoms with Crippen molar-refractivity contribution >= 4 is 21.8 Å². The highest BCUT2D eigenvalue weighted by Gasteiger charge is 2.29. The van der Waals surface area contributed by atoms with E-state index in [-0.39, 0.29) is 30.3 Å². The molecule has 29 heavy (non-hydrogen) atoms. The first-order valence-corrected chi connectivity index (χ1v) is 11.3. The molecule has 0 unspecified atom stereocenters. The Labute approximate surface area is 173 Å². The number of nitrogens with one attached hydrogen (secondary N) is 2. The SMILES string of the molecule is CCNC(=O)CNC(=O)CN1CCN(S(=O)(=O)c2ccc(C(C)(C)C)cc2)CC1. The van der Waals surface area contributed by atoms with Crippen LogP contribution in [0.4, 0.5) is 0 Å². The van der Waals surface area contributed by atoms with Crippen LogP contribution in [0.25, 0.3) is 0 Å². The summed E-state index contributed by atoms with van der Waals surface area (Å²) in [5.74, 6) is -0.473. The first kappa shape index (κ1) is 23.3. The van der Waals surface area contributed by atoms with Gasteiger partial charge in [-0.3, -0.25) is 14.5 Å². The van der Waals surface area contributed by atoms with Crippen molar-refractivity contribution in [1.82, 2.24) is 19.8 Å². The molecule has 0 aromatic heterocycles. The van der Waals surface area contributed by atoms with Crippen molar-refractivity contribution in [3.8, 4) is 0 Å². The van der Waals surface area contributed by atoms with Crippen LogP contribution in [0, 0.1) is 0 Å². The molecule has 162 valence electrons. The molecule has 0 bridgehead atoms. The number of benzene rings is 1. The van der Waals surface area contributed by atoms with Gasteiger partial charge >= 0.3 is 0 Å². The number of hydrogen-bond donors (Lipinski definition) is 2.